The van der Waals surface area contributed by atoms with Gasteiger partial charge in [-0.15, -0.1) is 0 Å². The van der Waals surface area contributed by atoms with Crippen LogP contribution in [0.15, 0.2) is 23.1 Å². The first kappa shape index (κ1) is 19.1. The molecule has 5 nitrogen and oxygen atoms in total. The Morgan fingerprint density at radius 2 is 1.88 bits per heavy atom. The molecule has 0 aliphatic heterocycles. The van der Waals surface area contributed by atoms with Crippen molar-refractivity contribution in [1.82, 2.24) is 9.62 Å². The first-order chi connectivity index (χ1) is 11.4. The van der Waals surface area contributed by atoms with Crippen LogP contribution in [0.4, 0.5) is 5.69 Å². The van der Waals surface area contributed by atoms with Crippen molar-refractivity contribution in [3.63, 3.8) is 0 Å². The van der Waals surface area contributed by atoms with Crippen LogP contribution in [0.5, 0.6) is 0 Å². The monoisotopic (exact) mass is 369 g/mol. The van der Waals surface area contributed by atoms with Gasteiger partial charge in [0, 0.05) is 24.8 Å². The molecule has 0 atom stereocenters. The lowest BCUT2D eigenvalue weighted by Crippen LogP contribution is -2.36. The fourth-order valence-corrected chi connectivity index (χ4v) is 4.78. The highest BCUT2D eigenvalue weighted by Gasteiger charge is 2.22. The van der Waals surface area contributed by atoms with E-state index in [0.717, 1.165) is 24.1 Å². The minimum atomic E-state index is -3.47. The highest BCUT2D eigenvalue weighted by atomic mass is 32.2. The molecule has 1 aliphatic carbocycles. The SMILES string of the molecule is CCN(CC)S(=O)(=O)c1ccc(C)c(NC(=S)NC2CCCC2)c1. The Morgan fingerprint density at radius 3 is 2.46 bits per heavy atom. The molecule has 0 heterocycles. The summed E-state index contributed by atoms with van der Waals surface area (Å²) in [5, 5.41) is 7.04. The molecule has 0 amide bonds. The van der Waals surface area contributed by atoms with Crippen LogP contribution in [0.25, 0.3) is 0 Å². The number of benzene rings is 1. The number of hydrogen-bond acceptors (Lipinski definition) is 3. The molecule has 24 heavy (non-hydrogen) atoms. The van der Waals surface area contributed by atoms with Crippen LogP contribution >= 0.6 is 12.2 Å². The molecule has 0 radical (unpaired) electrons. The lowest BCUT2D eigenvalue weighted by atomic mass is 10.2. The minimum Gasteiger partial charge on any atom is -0.360 e. The Kier molecular flexibility index (Phi) is 6.60. The largest absolute Gasteiger partial charge is 0.360 e. The summed E-state index contributed by atoms with van der Waals surface area (Å²) in [5.41, 5.74) is 1.70. The molecular formula is C17H27N3O2S2. The molecule has 1 aliphatic rings. The summed E-state index contributed by atoms with van der Waals surface area (Å²) >= 11 is 5.38. The molecule has 0 spiro atoms. The van der Waals surface area contributed by atoms with Crippen LogP contribution in [0.3, 0.4) is 0 Å². The quantitative estimate of drug-likeness (QED) is 0.754. The third-order valence-corrected chi connectivity index (χ3v) is 6.76. The van der Waals surface area contributed by atoms with Gasteiger partial charge in [-0.25, -0.2) is 8.42 Å². The number of nitrogens with one attached hydrogen (secondary N) is 2. The molecular weight excluding hydrogens is 342 g/mol. The highest BCUT2D eigenvalue weighted by molar-refractivity contribution is 7.89. The van der Waals surface area contributed by atoms with E-state index in [1.807, 2.05) is 26.8 Å². The fraction of sp³-hybridized carbons (Fsp3) is 0.588. The zero-order valence-electron chi connectivity index (χ0n) is 14.6. The summed E-state index contributed by atoms with van der Waals surface area (Å²) in [4.78, 5) is 0.294. The number of nitrogens with zero attached hydrogens (tertiary/aromatic N) is 1. The first-order valence-corrected chi connectivity index (χ1v) is 10.4. The molecule has 0 bridgehead atoms. The van der Waals surface area contributed by atoms with Gasteiger partial charge in [-0.3, -0.25) is 0 Å². The third kappa shape index (κ3) is 4.46. The molecule has 0 saturated heterocycles. The summed E-state index contributed by atoms with van der Waals surface area (Å²) < 4.78 is 26.8. The van der Waals surface area contributed by atoms with E-state index in [0.29, 0.717) is 29.1 Å². The number of hydrogen-bond donors (Lipinski definition) is 2. The van der Waals surface area contributed by atoms with Crippen LogP contribution < -0.4 is 10.6 Å². The number of rotatable bonds is 6. The topological polar surface area (TPSA) is 61.4 Å². The molecule has 1 saturated carbocycles. The van der Waals surface area contributed by atoms with Crippen LogP contribution in [0, 0.1) is 6.92 Å². The summed E-state index contributed by atoms with van der Waals surface area (Å²) in [5.74, 6) is 0. The van der Waals surface area contributed by atoms with Crippen molar-refractivity contribution >= 4 is 33.0 Å². The van der Waals surface area contributed by atoms with Crippen LogP contribution in [0.2, 0.25) is 0 Å². The highest BCUT2D eigenvalue weighted by Crippen LogP contribution is 2.23. The van der Waals surface area contributed by atoms with Gasteiger partial charge in [0.1, 0.15) is 0 Å². The zero-order chi connectivity index (χ0) is 17.7. The third-order valence-electron chi connectivity index (χ3n) is 4.49. The molecule has 134 valence electrons. The normalized spacial score (nSPS) is 15.7. The molecule has 1 aromatic carbocycles. The number of aryl methyl sites for hydroxylation is 1. The Balaban J connectivity index is 2.17. The van der Waals surface area contributed by atoms with Gasteiger partial charge >= 0.3 is 0 Å². The second-order valence-corrected chi connectivity index (χ2v) is 8.49. The van der Waals surface area contributed by atoms with E-state index in [2.05, 4.69) is 10.6 Å². The lowest BCUT2D eigenvalue weighted by Gasteiger charge is -2.20. The van der Waals surface area contributed by atoms with Crippen molar-refractivity contribution in [1.29, 1.82) is 0 Å². The van der Waals surface area contributed by atoms with Crippen LogP contribution in [-0.4, -0.2) is 37.0 Å². The molecule has 0 aromatic heterocycles. The van der Waals surface area contributed by atoms with Crippen molar-refractivity contribution in [2.75, 3.05) is 18.4 Å². The summed E-state index contributed by atoms with van der Waals surface area (Å²) in [6.45, 7) is 6.53. The summed E-state index contributed by atoms with van der Waals surface area (Å²) in [6.07, 6.45) is 4.74. The Hall–Kier alpha value is -1.18. The van der Waals surface area contributed by atoms with Crippen LogP contribution in [-0.2, 0) is 10.0 Å². The Morgan fingerprint density at radius 1 is 1.25 bits per heavy atom. The standard InChI is InChI=1S/C17H27N3O2S2/c1-4-20(5-2)24(21,22)15-11-10-13(3)16(12-15)19-17(23)18-14-8-6-7-9-14/h10-12,14H,4-9H2,1-3H3,(H2,18,19,23). The maximum atomic E-state index is 12.7. The van der Waals surface area contributed by atoms with Gasteiger partial charge in [-0.1, -0.05) is 32.8 Å². The van der Waals surface area contributed by atoms with Gasteiger partial charge in [-0.05, 0) is 49.7 Å². The molecule has 1 aromatic rings. The second-order valence-electron chi connectivity index (χ2n) is 6.15. The van der Waals surface area contributed by atoms with E-state index in [1.54, 1.807) is 12.1 Å². The molecule has 7 heteroatoms. The average molecular weight is 370 g/mol. The maximum absolute atomic E-state index is 12.7. The molecule has 2 rings (SSSR count). The van der Waals surface area contributed by atoms with Gasteiger partial charge in [0.05, 0.1) is 4.90 Å². The predicted octanol–water partition coefficient (Wildman–Crippen LogP) is 3.25. The lowest BCUT2D eigenvalue weighted by molar-refractivity contribution is 0.445. The van der Waals surface area contributed by atoms with Crippen LogP contribution in [0.1, 0.15) is 45.1 Å². The fourth-order valence-electron chi connectivity index (χ4n) is 3.02. The predicted molar refractivity (Wildman–Crippen MR) is 103 cm³/mol. The van der Waals surface area contributed by atoms with E-state index >= 15 is 0 Å². The smallest absolute Gasteiger partial charge is 0.243 e. The van der Waals surface area contributed by atoms with Gasteiger partial charge in [0.25, 0.3) is 0 Å². The Labute approximate surface area is 150 Å². The second kappa shape index (κ2) is 8.27. The van der Waals surface area contributed by atoms with Gasteiger partial charge in [0.2, 0.25) is 10.0 Å². The van der Waals surface area contributed by atoms with E-state index < -0.39 is 10.0 Å². The number of sulfonamides is 1. The number of anilines is 1. The van der Waals surface area contributed by atoms with Crippen molar-refractivity contribution in [3.8, 4) is 0 Å². The van der Waals surface area contributed by atoms with Crippen molar-refractivity contribution < 1.29 is 8.42 Å². The average Bonchev–Trinajstić information content (AvgIpc) is 3.03. The molecule has 2 N–H and O–H groups in total. The zero-order valence-corrected chi connectivity index (χ0v) is 16.3. The molecule has 0 unspecified atom stereocenters. The van der Waals surface area contributed by atoms with E-state index in [1.165, 1.54) is 17.1 Å². The first-order valence-electron chi connectivity index (χ1n) is 8.56. The van der Waals surface area contributed by atoms with E-state index in [4.69, 9.17) is 12.2 Å². The summed E-state index contributed by atoms with van der Waals surface area (Å²) in [6, 6.07) is 5.57. The minimum absolute atomic E-state index is 0.294. The Bertz CT molecular complexity index is 679. The van der Waals surface area contributed by atoms with Crippen molar-refractivity contribution in [2.45, 2.75) is 57.4 Å². The maximum Gasteiger partial charge on any atom is 0.243 e. The number of thiocarbonyl (C=S) groups is 1. The molecule has 1 fully saturated rings. The van der Waals surface area contributed by atoms with Gasteiger partial charge in [-0.2, -0.15) is 4.31 Å². The van der Waals surface area contributed by atoms with E-state index in [9.17, 15) is 8.42 Å². The van der Waals surface area contributed by atoms with Gasteiger partial charge < -0.3 is 10.6 Å². The van der Waals surface area contributed by atoms with Crippen molar-refractivity contribution in [3.05, 3.63) is 23.8 Å². The van der Waals surface area contributed by atoms with E-state index in [-0.39, 0.29) is 0 Å². The van der Waals surface area contributed by atoms with Crippen molar-refractivity contribution in [2.24, 2.45) is 0 Å². The summed E-state index contributed by atoms with van der Waals surface area (Å²) in [7, 11) is -3.47. The van der Waals surface area contributed by atoms with Gasteiger partial charge in [0.15, 0.2) is 5.11 Å².